The van der Waals surface area contributed by atoms with Crippen molar-refractivity contribution < 1.29 is 4.74 Å². The predicted molar refractivity (Wildman–Crippen MR) is 116 cm³/mol. The SMILES string of the molecule is Cc1ccc(N=Cc2cc(Br)ccc2OCc2ccc(Br)cc2)cc1Cl. The quantitative estimate of drug-likeness (QED) is 0.337. The molecule has 0 bridgehead atoms. The van der Waals surface area contributed by atoms with Crippen LogP contribution in [0.2, 0.25) is 5.02 Å². The average molecular weight is 494 g/mol. The minimum Gasteiger partial charge on any atom is -0.488 e. The Bertz CT molecular complexity index is 939. The van der Waals surface area contributed by atoms with Crippen molar-refractivity contribution in [3.63, 3.8) is 0 Å². The maximum absolute atomic E-state index is 6.17. The number of aryl methyl sites for hydroxylation is 1. The zero-order valence-electron chi connectivity index (χ0n) is 14.0. The van der Waals surface area contributed by atoms with E-state index >= 15 is 0 Å². The van der Waals surface area contributed by atoms with E-state index in [0.717, 1.165) is 37.1 Å². The smallest absolute Gasteiger partial charge is 0.128 e. The Hall–Kier alpha value is -1.62. The van der Waals surface area contributed by atoms with Gasteiger partial charge in [0.15, 0.2) is 0 Å². The first kappa shape index (κ1) is 19.2. The summed E-state index contributed by atoms with van der Waals surface area (Å²) in [6.07, 6.45) is 1.79. The van der Waals surface area contributed by atoms with Gasteiger partial charge in [-0.1, -0.05) is 61.7 Å². The molecule has 0 amide bonds. The maximum Gasteiger partial charge on any atom is 0.128 e. The number of benzene rings is 3. The molecule has 0 saturated carbocycles. The van der Waals surface area contributed by atoms with Gasteiger partial charge >= 0.3 is 0 Å². The summed E-state index contributed by atoms with van der Waals surface area (Å²) in [6.45, 7) is 2.46. The highest BCUT2D eigenvalue weighted by molar-refractivity contribution is 9.10. The van der Waals surface area contributed by atoms with Crippen LogP contribution in [0.4, 0.5) is 5.69 Å². The van der Waals surface area contributed by atoms with E-state index in [2.05, 4.69) is 36.9 Å². The van der Waals surface area contributed by atoms with Crippen LogP contribution in [0, 0.1) is 6.92 Å². The van der Waals surface area contributed by atoms with E-state index in [1.54, 1.807) is 6.21 Å². The number of hydrogen-bond donors (Lipinski definition) is 0. The van der Waals surface area contributed by atoms with Gasteiger partial charge in [-0.2, -0.15) is 0 Å². The van der Waals surface area contributed by atoms with Gasteiger partial charge in [-0.15, -0.1) is 0 Å². The van der Waals surface area contributed by atoms with Crippen molar-refractivity contribution in [3.05, 3.63) is 91.3 Å². The summed E-state index contributed by atoms with van der Waals surface area (Å²) in [6, 6.07) is 19.7. The maximum atomic E-state index is 6.17. The fourth-order valence-corrected chi connectivity index (χ4v) is 3.12. The first-order valence-electron chi connectivity index (χ1n) is 7.98. The fraction of sp³-hybridized carbons (Fsp3) is 0.0952. The third-order valence-corrected chi connectivity index (χ3v) is 5.22. The Morgan fingerprint density at radius 2 is 1.69 bits per heavy atom. The lowest BCUT2D eigenvalue weighted by Gasteiger charge is -2.10. The molecule has 0 N–H and O–H groups in total. The summed E-state index contributed by atoms with van der Waals surface area (Å²) in [5.74, 6) is 0.776. The van der Waals surface area contributed by atoms with E-state index in [1.165, 1.54) is 0 Å². The standard InChI is InChI=1S/C21H16Br2ClNO/c1-14-2-8-19(11-20(14)24)25-12-16-10-18(23)7-9-21(16)26-13-15-3-5-17(22)6-4-15/h2-12H,13H2,1H3. The lowest BCUT2D eigenvalue weighted by atomic mass is 10.2. The van der Waals surface area contributed by atoms with Crippen LogP contribution in [0.5, 0.6) is 5.75 Å². The third-order valence-electron chi connectivity index (χ3n) is 3.79. The molecular formula is C21H16Br2ClNO. The molecule has 0 radical (unpaired) electrons. The summed E-state index contributed by atoms with van der Waals surface area (Å²) < 4.78 is 8.02. The van der Waals surface area contributed by atoms with Gasteiger partial charge < -0.3 is 4.74 Å². The number of hydrogen-bond acceptors (Lipinski definition) is 2. The van der Waals surface area contributed by atoms with Gasteiger partial charge in [0.25, 0.3) is 0 Å². The molecule has 5 heteroatoms. The number of nitrogens with zero attached hydrogens (tertiary/aromatic N) is 1. The summed E-state index contributed by atoms with van der Waals surface area (Å²) in [5.41, 5.74) is 3.84. The second-order valence-corrected chi connectivity index (χ2v) is 8.03. The topological polar surface area (TPSA) is 21.6 Å². The van der Waals surface area contributed by atoms with Gasteiger partial charge in [-0.05, 0) is 60.5 Å². The van der Waals surface area contributed by atoms with Crippen LogP contribution in [0.15, 0.2) is 74.6 Å². The second kappa shape index (κ2) is 8.85. The zero-order chi connectivity index (χ0) is 18.5. The monoisotopic (exact) mass is 491 g/mol. The molecule has 3 aromatic carbocycles. The molecule has 0 heterocycles. The van der Waals surface area contributed by atoms with Gasteiger partial charge in [0, 0.05) is 25.7 Å². The van der Waals surface area contributed by atoms with Crippen molar-refractivity contribution in [1.82, 2.24) is 0 Å². The normalized spacial score (nSPS) is 11.1. The Labute approximate surface area is 175 Å². The summed E-state index contributed by atoms with van der Waals surface area (Å²) in [4.78, 5) is 4.53. The molecule has 0 spiro atoms. The highest BCUT2D eigenvalue weighted by Gasteiger charge is 2.04. The van der Waals surface area contributed by atoms with E-state index in [9.17, 15) is 0 Å². The molecule has 0 aliphatic heterocycles. The van der Waals surface area contributed by atoms with Crippen LogP contribution in [0.3, 0.4) is 0 Å². The van der Waals surface area contributed by atoms with Gasteiger partial charge in [-0.25, -0.2) is 0 Å². The lowest BCUT2D eigenvalue weighted by Crippen LogP contribution is -1.98. The number of aliphatic imine (C=N–C) groups is 1. The highest BCUT2D eigenvalue weighted by Crippen LogP contribution is 2.25. The van der Waals surface area contributed by atoms with Crippen LogP contribution < -0.4 is 4.74 Å². The summed E-state index contributed by atoms with van der Waals surface area (Å²) in [7, 11) is 0. The van der Waals surface area contributed by atoms with E-state index in [-0.39, 0.29) is 0 Å². The van der Waals surface area contributed by atoms with Crippen molar-refractivity contribution >= 4 is 55.4 Å². The minimum absolute atomic E-state index is 0.492. The first-order chi connectivity index (χ1) is 12.5. The van der Waals surface area contributed by atoms with Crippen molar-refractivity contribution in [3.8, 4) is 5.75 Å². The Morgan fingerprint density at radius 1 is 0.962 bits per heavy atom. The average Bonchev–Trinajstić information content (AvgIpc) is 2.63. The first-order valence-corrected chi connectivity index (χ1v) is 9.95. The van der Waals surface area contributed by atoms with Crippen LogP contribution in [-0.2, 0) is 6.61 Å². The molecule has 0 atom stereocenters. The Balaban J connectivity index is 1.79. The molecule has 3 rings (SSSR count). The molecule has 3 aromatic rings. The molecule has 0 saturated heterocycles. The highest BCUT2D eigenvalue weighted by atomic mass is 79.9. The van der Waals surface area contributed by atoms with Crippen molar-refractivity contribution in [2.24, 2.45) is 4.99 Å². The molecule has 0 aliphatic carbocycles. The van der Waals surface area contributed by atoms with Crippen LogP contribution >= 0.6 is 43.5 Å². The third kappa shape index (κ3) is 5.19. The van der Waals surface area contributed by atoms with Crippen molar-refractivity contribution in [1.29, 1.82) is 0 Å². The lowest BCUT2D eigenvalue weighted by molar-refractivity contribution is 0.306. The van der Waals surface area contributed by atoms with Crippen molar-refractivity contribution in [2.75, 3.05) is 0 Å². The minimum atomic E-state index is 0.492. The van der Waals surface area contributed by atoms with Crippen LogP contribution in [0.25, 0.3) is 0 Å². The van der Waals surface area contributed by atoms with E-state index in [4.69, 9.17) is 16.3 Å². The molecule has 0 aliphatic rings. The van der Waals surface area contributed by atoms with E-state index < -0.39 is 0 Å². The predicted octanol–water partition coefficient (Wildman–Crippen LogP) is 7.50. The molecule has 0 unspecified atom stereocenters. The molecule has 0 fully saturated rings. The van der Waals surface area contributed by atoms with Gasteiger partial charge in [0.1, 0.15) is 12.4 Å². The number of rotatable bonds is 5. The van der Waals surface area contributed by atoms with Gasteiger partial charge in [0.2, 0.25) is 0 Å². The Kier molecular flexibility index (Phi) is 6.52. The van der Waals surface area contributed by atoms with Gasteiger partial charge in [0.05, 0.1) is 5.69 Å². The second-order valence-electron chi connectivity index (χ2n) is 5.79. The largest absolute Gasteiger partial charge is 0.488 e. The van der Waals surface area contributed by atoms with E-state index in [0.29, 0.717) is 11.6 Å². The van der Waals surface area contributed by atoms with E-state index in [1.807, 2.05) is 67.6 Å². The molecule has 26 heavy (non-hydrogen) atoms. The fourth-order valence-electron chi connectivity index (χ4n) is 2.30. The number of ether oxygens (including phenoxy) is 1. The van der Waals surface area contributed by atoms with Crippen LogP contribution in [0.1, 0.15) is 16.7 Å². The Morgan fingerprint density at radius 3 is 2.42 bits per heavy atom. The van der Waals surface area contributed by atoms with Crippen LogP contribution in [-0.4, -0.2) is 6.21 Å². The molecule has 0 aromatic heterocycles. The number of halogens is 3. The van der Waals surface area contributed by atoms with Crippen molar-refractivity contribution in [2.45, 2.75) is 13.5 Å². The molecule has 132 valence electrons. The summed E-state index contributed by atoms with van der Waals surface area (Å²) in [5, 5.41) is 0.709. The van der Waals surface area contributed by atoms with Gasteiger partial charge in [-0.3, -0.25) is 4.99 Å². The summed E-state index contributed by atoms with van der Waals surface area (Å²) >= 11 is 13.1. The zero-order valence-corrected chi connectivity index (χ0v) is 18.0. The molecule has 2 nitrogen and oxygen atoms in total. The molecular weight excluding hydrogens is 477 g/mol.